The maximum atomic E-state index is 12.2. The first kappa shape index (κ1) is 15.3. The molecule has 0 heterocycles. The van der Waals surface area contributed by atoms with Crippen LogP contribution in [0.25, 0.3) is 0 Å². The molecule has 0 aliphatic rings. The summed E-state index contributed by atoms with van der Waals surface area (Å²) in [5.74, 6) is 0. The summed E-state index contributed by atoms with van der Waals surface area (Å²) in [6.07, 6.45) is 1.43. The molecule has 0 unspecified atom stereocenters. The smallest absolute Gasteiger partial charge is 0.241 e. The molecule has 4 nitrogen and oxygen atoms in total. The molecule has 0 spiro atoms. The Morgan fingerprint density at radius 3 is 2.33 bits per heavy atom. The van der Waals surface area contributed by atoms with Crippen LogP contribution in [0.3, 0.4) is 0 Å². The second-order valence-corrected chi connectivity index (χ2v) is 6.65. The largest absolute Gasteiger partial charge is 0.397 e. The van der Waals surface area contributed by atoms with Gasteiger partial charge in [0.25, 0.3) is 0 Å². The van der Waals surface area contributed by atoms with Crippen LogP contribution in [0.4, 0.5) is 5.69 Å². The number of nitrogens with one attached hydrogen (secondary N) is 1. The normalized spacial score (nSPS) is 12.7. The van der Waals surface area contributed by atoms with Gasteiger partial charge in [0.1, 0.15) is 0 Å². The van der Waals surface area contributed by atoms with E-state index in [4.69, 9.17) is 17.3 Å². The van der Waals surface area contributed by atoms with Crippen LogP contribution >= 0.6 is 11.6 Å². The molecule has 1 aromatic rings. The molecule has 0 saturated carbocycles. The lowest BCUT2D eigenvalue weighted by atomic mass is 9.98. The number of hydrogen-bond acceptors (Lipinski definition) is 3. The van der Waals surface area contributed by atoms with E-state index in [9.17, 15) is 8.42 Å². The number of hydrogen-bond donors (Lipinski definition) is 2. The fourth-order valence-corrected chi connectivity index (χ4v) is 3.17. The van der Waals surface area contributed by atoms with Crippen LogP contribution in [0.5, 0.6) is 0 Å². The monoisotopic (exact) mass is 290 g/mol. The lowest BCUT2D eigenvalue weighted by Gasteiger charge is -2.27. The number of rotatable bonds is 5. The van der Waals surface area contributed by atoms with Crippen molar-refractivity contribution in [2.45, 2.75) is 44.0 Å². The molecule has 0 aliphatic heterocycles. The summed E-state index contributed by atoms with van der Waals surface area (Å²) in [6.45, 7) is 5.77. The van der Waals surface area contributed by atoms with Crippen LogP contribution in [0.1, 0.15) is 33.6 Å². The molecule has 102 valence electrons. The highest BCUT2D eigenvalue weighted by molar-refractivity contribution is 7.89. The number of nitrogens with two attached hydrogens (primary N) is 1. The first-order valence-corrected chi connectivity index (χ1v) is 7.69. The predicted octanol–water partition coefficient (Wildman–Crippen LogP) is 2.78. The Labute approximate surface area is 114 Å². The van der Waals surface area contributed by atoms with Gasteiger partial charge in [-0.05, 0) is 38.0 Å². The molecular weight excluding hydrogens is 272 g/mol. The molecule has 0 aliphatic carbocycles. The molecule has 0 fully saturated rings. The zero-order valence-electron chi connectivity index (χ0n) is 10.8. The van der Waals surface area contributed by atoms with E-state index in [1.165, 1.54) is 18.2 Å². The Balaban J connectivity index is 3.10. The van der Waals surface area contributed by atoms with Crippen molar-refractivity contribution in [1.29, 1.82) is 0 Å². The average molecular weight is 291 g/mol. The third-order valence-corrected chi connectivity index (χ3v) is 5.20. The molecule has 0 aromatic heterocycles. The van der Waals surface area contributed by atoms with Gasteiger partial charge >= 0.3 is 0 Å². The lowest BCUT2D eigenvalue weighted by Crippen LogP contribution is -2.44. The first-order valence-electron chi connectivity index (χ1n) is 5.83. The third-order valence-electron chi connectivity index (χ3n) is 3.22. The van der Waals surface area contributed by atoms with Crippen molar-refractivity contribution in [2.24, 2.45) is 0 Å². The van der Waals surface area contributed by atoms with Crippen molar-refractivity contribution in [3.8, 4) is 0 Å². The van der Waals surface area contributed by atoms with Crippen LogP contribution in [-0.2, 0) is 10.0 Å². The molecular formula is C12H19ClN2O2S. The van der Waals surface area contributed by atoms with Crippen LogP contribution in [0, 0.1) is 0 Å². The summed E-state index contributed by atoms with van der Waals surface area (Å²) in [6, 6.07) is 4.31. The van der Waals surface area contributed by atoms with Crippen molar-refractivity contribution in [1.82, 2.24) is 4.72 Å². The Morgan fingerprint density at radius 2 is 1.89 bits per heavy atom. The van der Waals surface area contributed by atoms with Gasteiger partial charge in [0, 0.05) is 5.54 Å². The summed E-state index contributed by atoms with van der Waals surface area (Å²) >= 11 is 5.78. The summed E-state index contributed by atoms with van der Waals surface area (Å²) < 4.78 is 27.1. The zero-order valence-corrected chi connectivity index (χ0v) is 12.4. The number of halogens is 1. The fraction of sp³-hybridized carbons (Fsp3) is 0.500. The Bertz CT molecular complexity index is 525. The van der Waals surface area contributed by atoms with Crippen molar-refractivity contribution in [3.05, 3.63) is 23.2 Å². The van der Waals surface area contributed by atoms with Crippen molar-refractivity contribution < 1.29 is 8.42 Å². The minimum Gasteiger partial charge on any atom is -0.397 e. The lowest BCUT2D eigenvalue weighted by molar-refractivity contribution is 0.388. The standard InChI is InChI=1S/C12H19ClN2O2S/c1-4-12(3,5-2)15-18(16,17)9-6-7-10(13)11(14)8-9/h6-8,15H,4-5,14H2,1-3H3. The van der Waals surface area contributed by atoms with Gasteiger partial charge in [-0.15, -0.1) is 0 Å². The second kappa shape index (κ2) is 5.47. The van der Waals surface area contributed by atoms with E-state index in [2.05, 4.69) is 4.72 Å². The molecule has 0 amide bonds. The molecule has 0 atom stereocenters. The molecule has 6 heteroatoms. The van der Waals surface area contributed by atoms with Crippen LogP contribution < -0.4 is 10.5 Å². The highest BCUT2D eigenvalue weighted by atomic mass is 35.5. The molecule has 0 radical (unpaired) electrons. The van der Waals surface area contributed by atoms with E-state index in [1.807, 2.05) is 20.8 Å². The SMILES string of the molecule is CCC(C)(CC)NS(=O)(=O)c1ccc(Cl)c(N)c1. The molecule has 1 rings (SSSR count). The topological polar surface area (TPSA) is 72.2 Å². The van der Waals surface area contributed by atoms with E-state index in [0.717, 1.165) is 0 Å². The van der Waals surface area contributed by atoms with E-state index in [-0.39, 0.29) is 10.6 Å². The van der Waals surface area contributed by atoms with Gasteiger partial charge in [-0.2, -0.15) is 0 Å². The zero-order chi connectivity index (χ0) is 14.0. The number of benzene rings is 1. The van der Waals surface area contributed by atoms with E-state index < -0.39 is 15.6 Å². The third kappa shape index (κ3) is 3.37. The maximum absolute atomic E-state index is 12.2. The van der Waals surface area contributed by atoms with Crippen LogP contribution in [-0.4, -0.2) is 14.0 Å². The number of nitrogen functional groups attached to an aromatic ring is 1. The first-order chi connectivity index (χ1) is 8.24. The van der Waals surface area contributed by atoms with E-state index in [1.54, 1.807) is 0 Å². The molecule has 3 N–H and O–H groups in total. The van der Waals surface area contributed by atoms with Gasteiger partial charge < -0.3 is 5.73 Å². The van der Waals surface area contributed by atoms with E-state index in [0.29, 0.717) is 17.9 Å². The van der Waals surface area contributed by atoms with Crippen molar-refractivity contribution in [2.75, 3.05) is 5.73 Å². The molecule has 0 bridgehead atoms. The van der Waals surface area contributed by atoms with Gasteiger partial charge in [0.15, 0.2) is 0 Å². The van der Waals surface area contributed by atoms with Gasteiger partial charge in [-0.1, -0.05) is 25.4 Å². The fourth-order valence-electron chi connectivity index (χ4n) is 1.47. The van der Waals surface area contributed by atoms with Gasteiger partial charge in [0.05, 0.1) is 15.6 Å². The molecule has 18 heavy (non-hydrogen) atoms. The highest BCUT2D eigenvalue weighted by Crippen LogP contribution is 2.24. The van der Waals surface area contributed by atoms with Gasteiger partial charge in [-0.3, -0.25) is 0 Å². The number of anilines is 1. The van der Waals surface area contributed by atoms with Crippen molar-refractivity contribution in [3.63, 3.8) is 0 Å². The maximum Gasteiger partial charge on any atom is 0.241 e. The van der Waals surface area contributed by atoms with Gasteiger partial charge in [-0.25, -0.2) is 13.1 Å². The Hall–Kier alpha value is -0.780. The highest BCUT2D eigenvalue weighted by Gasteiger charge is 2.27. The summed E-state index contributed by atoms with van der Waals surface area (Å²) in [4.78, 5) is 0.137. The second-order valence-electron chi connectivity index (χ2n) is 4.56. The minimum atomic E-state index is -3.57. The summed E-state index contributed by atoms with van der Waals surface area (Å²) in [5.41, 5.74) is 5.43. The average Bonchev–Trinajstić information content (AvgIpc) is 2.32. The summed E-state index contributed by atoms with van der Waals surface area (Å²) in [7, 11) is -3.57. The number of sulfonamides is 1. The minimum absolute atomic E-state index is 0.137. The van der Waals surface area contributed by atoms with Crippen LogP contribution in [0.15, 0.2) is 23.1 Å². The quantitative estimate of drug-likeness (QED) is 0.819. The predicted molar refractivity (Wildman–Crippen MR) is 75.2 cm³/mol. The van der Waals surface area contributed by atoms with Gasteiger partial charge in [0.2, 0.25) is 10.0 Å². The summed E-state index contributed by atoms with van der Waals surface area (Å²) in [5, 5.41) is 0.350. The van der Waals surface area contributed by atoms with Crippen LogP contribution in [0.2, 0.25) is 5.02 Å². The molecule has 0 saturated heterocycles. The Kier molecular flexibility index (Phi) is 4.64. The van der Waals surface area contributed by atoms with Crippen molar-refractivity contribution >= 4 is 27.3 Å². The van der Waals surface area contributed by atoms with E-state index >= 15 is 0 Å². The Morgan fingerprint density at radius 1 is 1.33 bits per heavy atom. The molecule has 1 aromatic carbocycles.